The predicted molar refractivity (Wildman–Crippen MR) is 76.4 cm³/mol. The molecule has 0 aliphatic rings. The molecule has 0 aliphatic heterocycles. The van der Waals surface area contributed by atoms with E-state index in [1.54, 1.807) is 13.1 Å². The molecular weight excluding hydrogens is 303 g/mol. The van der Waals surface area contributed by atoms with E-state index < -0.39 is 12.6 Å². The molecule has 0 spiro atoms. The van der Waals surface area contributed by atoms with Crippen LogP contribution in [0, 0.1) is 6.92 Å². The smallest absolute Gasteiger partial charge is 0.311 e. The van der Waals surface area contributed by atoms with Crippen LogP contribution in [0.25, 0.3) is 11.2 Å². The fourth-order valence-corrected chi connectivity index (χ4v) is 2.42. The lowest BCUT2D eigenvalue weighted by molar-refractivity contribution is -0.135. The number of imidazole rings is 1. The summed E-state index contributed by atoms with van der Waals surface area (Å²) >= 11 is 6.11. The molecule has 0 saturated carbocycles. The summed E-state index contributed by atoms with van der Waals surface area (Å²) in [6.07, 6.45) is -2.64. The average molecular weight is 320 g/mol. The Hall–Kier alpha value is -1.30. The topological polar surface area (TPSA) is 30.7 Å². The lowest BCUT2D eigenvalue weighted by Crippen LogP contribution is -2.09. The molecule has 116 valence electrons. The molecule has 3 nitrogen and oxygen atoms in total. The van der Waals surface area contributed by atoms with Crippen LogP contribution in [0.1, 0.15) is 43.0 Å². The molecule has 0 saturated heterocycles. The maximum Gasteiger partial charge on any atom is 0.389 e. The van der Waals surface area contributed by atoms with E-state index in [0.717, 1.165) is 11.1 Å². The maximum atomic E-state index is 12.2. The second-order valence-corrected chi connectivity index (χ2v) is 5.82. The van der Waals surface area contributed by atoms with Gasteiger partial charge in [0, 0.05) is 19.2 Å². The summed E-state index contributed by atoms with van der Waals surface area (Å²) in [5, 5.41) is -0.317. The van der Waals surface area contributed by atoms with E-state index >= 15 is 0 Å². The van der Waals surface area contributed by atoms with Gasteiger partial charge in [0.15, 0.2) is 5.65 Å². The van der Waals surface area contributed by atoms with Gasteiger partial charge in [0.25, 0.3) is 0 Å². The van der Waals surface area contributed by atoms with E-state index in [2.05, 4.69) is 9.97 Å². The van der Waals surface area contributed by atoms with Crippen molar-refractivity contribution in [2.45, 2.75) is 51.2 Å². The Morgan fingerprint density at radius 2 is 2.05 bits per heavy atom. The van der Waals surface area contributed by atoms with E-state index in [4.69, 9.17) is 11.6 Å². The first-order valence-corrected chi connectivity index (χ1v) is 7.25. The van der Waals surface area contributed by atoms with Crippen LogP contribution in [0.3, 0.4) is 0 Å². The average Bonchev–Trinajstić information content (AvgIpc) is 2.71. The first-order chi connectivity index (χ1) is 9.78. The molecule has 7 heteroatoms. The molecule has 2 aromatic rings. The first-order valence-electron chi connectivity index (χ1n) is 6.81. The Morgan fingerprint density at radius 3 is 2.67 bits per heavy atom. The standard InChI is InChI=1S/C14H17ClF3N3/c1-9-7-11-13(19-8-9)21(12(20-11)10(2)15)6-4-3-5-14(16,17)18/h7-8,10H,3-6H2,1-2H3. The SMILES string of the molecule is Cc1cnc2c(c1)nc(C(C)Cl)n2CCCCC(F)(F)F. The second-order valence-electron chi connectivity index (χ2n) is 5.17. The van der Waals surface area contributed by atoms with Gasteiger partial charge in [-0.05, 0) is 38.3 Å². The minimum absolute atomic E-state index is 0.0884. The number of unbranched alkanes of at least 4 members (excludes halogenated alkanes) is 1. The number of hydrogen-bond donors (Lipinski definition) is 0. The van der Waals surface area contributed by atoms with Crippen molar-refractivity contribution in [1.29, 1.82) is 0 Å². The quantitative estimate of drug-likeness (QED) is 0.587. The molecular formula is C14H17ClF3N3. The number of rotatable bonds is 5. The van der Waals surface area contributed by atoms with Gasteiger partial charge in [-0.25, -0.2) is 9.97 Å². The number of pyridine rings is 1. The Labute approximate surface area is 126 Å². The zero-order valence-electron chi connectivity index (χ0n) is 11.9. The molecule has 2 heterocycles. The molecule has 1 atom stereocenters. The summed E-state index contributed by atoms with van der Waals surface area (Å²) in [5.41, 5.74) is 2.39. The van der Waals surface area contributed by atoms with Gasteiger partial charge in [0.1, 0.15) is 11.3 Å². The molecule has 1 unspecified atom stereocenters. The van der Waals surface area contributed by atoms with Crippen molar-refractivity contribution in [3.05, 3.63) is 23.7 Å². The first kappa shape index (κ1) is 16.1. The third-order valence-electron chi connectivity index (χ3n) is 3.20. The molecule has 21 heavy (non-hydrogen) atoms. The minimum Gasteiger partial charge on any atom is -0.311 e. The van der Waals surface area contributed by atoms with Crippen LogP contribution < -0.4 is 0 Å². The van der Waals surface area contributed by atoms with Crippen LogP contribution >= 0.6 is 11.6 Å². The van der Waals surface area contributed by atoms with Crippen LogP contribution in [0.4, 0.5) is 13.2 Å². The number of nitrogens with zero attached hydrogens (tertiary/aromatic N) is 3. The van der Waals surface area contributed by atoms with Crippen LogP contribution in [-0.4, -0.2) is 20.7 Å². The number of fused-ring (bicyclic) bond motifs is 1. The second kappa shape index (κ2) is 6.22. The van der Waals surface area contributed by atoms with Gasteiger partial charge in [-0.2, -0.15) is 13.2 Å². The highest BCUT2D eigenvalue weighted by Crippen LogP contribution is 2.26. The van der Waals surface area contributed by atoms with Gasteiger partial charge in [-0.1, -0.05) is 0 Å². The Balaban J connectivity index is 2.19. The Kier molecular flexibility index (Phi) is 4.76. The molecule has 2 rings (SSSR count). The van der Waals surface area contributed by atoms with Crippen LogP contribution in [-0.2, 0) is 6.54 Å². The van der Waals surface area contributed by atoms with Gasteiger partial charge in [0.05, 0.1) is 5.38 Å². The zero-order valence-corrected chi connectivity index (χ0v) is 12.7. The number of aromatic nitrogens is 3. The van der Waals surface area contributed by atoms with Gasteiger partial charge in [0.2, 0.25) is 0 Å². The molecule has 0 radical (unpaired) electrons. The molecule has 0 N–H and O–H groups in total. The third-order valence-corrected chi connectivity index (χ3v) is 3.39. The fraction of sp³-hybridized carbons (Fsp3) is 0.571. The molecule has 0 amide bonds. The van der Waals surface area contributed by atoms with Gasteiger partial charge in [-0.15, -0.1) is 11.6 Å². The summed E-state index contributed by atoms with van der Waals surface area (Å²) in [6, 6.07) is 1.90. The normalized spacial score (nSPS) is 13.8. The Morgan fingerprint density at radius 1 is 1.33 bits per heavy atom. The number of halogens is 4. The monoisotopic (exact) mass is 319 g/mol. The van der Waals surface area contributed by atoms with Crippen LogP contribution in [0.5, 0.6) is 0 Å². The highest BCUT2D eigenvalue weighted by atomic mass is 35.5. The Bertz CT molecular complexity index is 620. The molecule has 0 aliphatic carbocycles. The summed E-state index contributed by atoms with van der Waals surface area (Å²) in [5.74, 6) is 0.650. The maximum absolute atomic E-state index is 12.2. The highest BCUT2D eigenvalue weighted by Gasteiger charge is 2.26. The van der Waals surface area contributed by atoms with Crippen molar-refractivity contribution in [1.82, 2.24) is 14.5 Å². The molecule has 0 fully saturated rings. The van der Waals surface area contributed by atoms with Gasteiger partial charge in [-0.3, -0.25) is 0 Å². The van der Waals surface area contributed by atoms with E-state index in [-0.39, 0.29) is 11.8 Å². The predicted octanol–water partition coefficient (Wildman–Crippen LogP) is 4.77. The lowest BCUT2D eigenvalue weighted by Gasteiger charge is -2.10. The minimum atomic E-state index is -4.10. The largest absolute Gasteiger partial charge is 0.389 e. The number of aryl methyl sites for hydroxylation is 2. The van der Waals surface area contributed by atoms with Crippen molar-refractivity contribution in [2.75, 3.05) is 0 Å². The van der Waals surface area contributed by atoms with Crippen molar-refractivity contribution in [2.24, 2.45) is 0 Å². The molecule has 2 aromatic heterocycles. The van der Waals surface area contributed by atoms with Crippen molar-refractivity contribution >= 4 is 22.8 Å². The van der Waals surface area contributed by atoms with Crippen molar-refractivity contribution in [3.8, 4) is 0 Å². The summed E-state index contributed by atoms with van der Waals surface area (Å²) < 4.78 is 38.3. The number of alkyl halides is 4. The van der Waals surface area contributed by atoms with Crippen LogP contribution in [0.15, 0.2) is 12.3 Å². The van der Waals surface area contributed by atoms with E-state index in [1.807, 2.05) is 17.6 Å². The van der Waals surface area contributed by atoms with Crippen molar-refractivity contribution < 1.29 is 13.2 Å². The van der Waals surface area contributed by atoms with E-state index in [1.165, 1.54) is 0 Å². The van der Waals surface area contributed by atoms with E-state index in [0.29, 0.717) is 24.4 Å². The van der Waals surface area contributed by atoms with Crippen molar-refractivity contribution in [3.63, 3.8) is 0 Å². The highest BCUT2D eigenvalue weighted by molar-refractivity contribution is 6.20. The zero-order chi connectivity index (χ0) is 15.6. The summed E-state index contributed by atoms with van der Waals surface area (Å²) in [7, 11) is 0. The van der Waals surface area contributed by atoms with E-state index in [9.17, 15) is 13.2 Å². The van der Waals surface area contributed by atoms with Gasteiger partial charge >= 0.3 is 6.18 Å². The van der Waals surface area contributed by atoms with Gasteiger partial charge < -0.3 is 4.57 Å². The molecule has 0 bridgehead atoms. The lowest BCUT2D eigenvalue weighted by atomic mass is 10.2. The molecule has 0 aromatic carbocycles. The fourth-order valence-electron chi connectivity index (χ4n) is 2.25. The van der Waals surface area contributed by atoms with Crippen LogP contribution in [0.2, 0.25) is 0 Å². The summed E-state index contributed by atoms with van der Waals surface area (Å²) in [4.78, 5) is 8.78. The number of hydrogen-bond acceptors (Lipinski definition) is 2. The third kappa shape index (κ3) is 4.09. The summed E-state index contributed by atoms with van der Waals surface area (Å²) in [6.45, 7) is 4.15.